The highest BCUT2D eigenvalue weighted by Crippen LogP contribution is 2.50. The van der Waals surface area contributed by atoms with E-state index in [-0.39, 0.29) is 22.9 Å². The molecule has 0 aliphatic rings. The van der Waals surface area contributed by atoms with Gasteiger partial charge in [-0.3, -0.25) is 0 Å². The fourth-order valence-corrected chi connectivity index (χ4v) is 5.01. The number of ether oxygens (including phenoxy) is 2. The van der Waals surface area contributed by atoms with Crippen LogP contribution in [0.4, 0.5) is 11.4 Å². The van der Waals surface area contributed by atoms with E-state index < -0.39 is 0 Å². The number of hydrogen-bond acceptors (Lipinski definition) is 6. The molecule has 0 aliphatic carbocycles. The van der Waals surface area contributed by atoms with Crippen LogP contribution in [0.3, 0.4) is 0 Å². The van der Waals surface area contributed by atoms with Crippen LogP contribution in [-0.2, 0) is 0 Å². The number of phenolic OH excluding ortho intramolecular Hbond substituents is 2. The van der Waals surface area contributed by atoms with Gasteiger partial charge in [0.2, 0.25) is 0 Å². The number of nitrogens with two attached hydrogens (primary N) is 2. The van der Waals surface area contributed by atoms with Crippen molar-refractivity contribution in [2.24, 2.45) is 0 Å². The van der Waals surface area contributed by atoms with Gasteiger partial charge in [-0.1, -0.05) is 60.4 Å². The van der Waals surface area contributed by atoms with Crippen LogP contribution in [0.2, 0.25) is 0 Å². The molecule has 0 radical (unpaired) electrons. The molecular weight excluding hydrogens is 524 g/mol. The van der Waals surface area contributed by atoms with E-state index in [0.717, 1.165) is 21.5 Å². The van der Waals surface area contributed by atoms with Gasteiger partial charge in [0.25, 0.3) is 0 Å². The lowest BCUT2D eigenvalue weighted by atomic mass is 9.88. The molecule has 0 bridgehead atoms. The molecule has 0 amide bonds. The van der Waals surface area contributed by atoms with Gasteiger partial charge >= 0.3 is 0 Å². The van der Waals surface area contributed by atoms with Crippen molar-refractivity contribution in [3.8, 4) is 70.3 Å². The minimum atomic E-state index is -0.0603. The number of aromatic hydroxyl groups is 2. The zero-order valence-corrected chi connectivity index (χ0v) is 22.3. The normalized spacial score (nSPS) is 10.7. The molecular formula is C36H24N2O4. The van der Waals surface area contributed by atoms with Gasteiger partial charge < -0.3 is 31.2 Å². The lowest BCUT2D eigenvalue weighted by Crippen LogP contribution is -1.99. The Morgan fingerprint density at radius 2 is 0.952 bits per heavy atom. The molecule has 0 saturated carbocycles. The molecule has 0 fully saturated rings. The molecule has 0 unspecified atom stereocenters. The third-order valence-corrected chi connectivity index (χ3v) is 7.00. The molecule has 42 heavy (non-hydrogen) atoms. The predicted molar refractivity (Wildman–Crippen MR) is 168 cm³/mol. The highest BCUT2D eigenvalue weighted by molar-refractivity contribution is 6.11. The van der Waals surface area contributed by atoms with Crippen LogP contribution in [0.15, 0.2) is 97.1 Å². The highest BCUT2D eigenvalue weighted by Gasteiger charge is 2.25. The minimum Gasteiger partial charge on any atom is -0.506 e. The van der Waals surface area contributed by atoms with Gasteiger partial charge in [0.1, 0.15) is 23.0 Å². The van der Waals surface area contributed by atoms with Crippen molar-refractivity contribution in [3.05, 3.63) is 108 Å². The summed E-state index contributed by atoms with van der Waals surface area (Å²) in [5.41, 5.74) is 14.6. The van der Waals surface area contributed by atoms with Gasteiger partial charge in [0.05, 0.1) is 22.5 Å². The Bertz CT molecular complexity index is 1970. The van der Waals surface area contributed by atoms with Gasteiger partial charge in [-0.25, -0.2) is 0 Å². The summed E-state index contributed by atoms with van der Waals surface area (Å²) in [5.74, 6) is 6.95. The maximum atomic E-state index is 10.0. The van der Waals surface area contributed by atoms with Gasteiger partial charge in [0.15, 0.2) is 11.5 Å². The van der Waals surface area contributed by atoms with Crippen molar-refractivity contribution in [1.29, 1.82) is 0 Å². The first-order chi connectivity index (χ1) is 20.4. The zero-order chi connectivity index (χ0) is 29.4. The van der Waals surface area contributed by atoms with Gasteiger partial charge in [-0.05, 0) is 57.9 Å². The van der Waals surface area contributed by atoms with Crippen LogP contribution in [0.1, 0.15) is 11.1 Å². The number of rotatable bonds is 5. The Labute approximate surface area is 242 Å². The Morgan fingerprint density at radius 1 is 0.548 bits per heavy atom. The molecule has 6 aromatic rings. The first-order valence-electron chi connectivity index (χ1n) is 13.0. The SMILES string of the molecule is C#Cc1cc2ccccc2c(-c2c(Oc3ccc(O)c(N)c3)c(C#C)cc3ccccc23)c1Oc1ccc(O)c(N)c1. The van der Waals surface area contributed by atoms with Gasteiger partial charge in [0, 0.05) is 23.3 Å². The van der Waals surface area contributed by atoms with E-state index in [1.165, 1.54) is 24.3 Å². The average molecular weight is 549 g/mol. The number of phenols is 2. The summed E-state index contributed by atoms with van der Waals surface area (Å²) in [7, 11) is 0. The maximum absolute atomic E-state index is 10.0. The zero-order valence-electron chi connectivity index (χ0n) is 22.3. The summed E-state index contributed by atoms with van der Waals surface area (Å²) in [4.78, 5) is 0. The summed E-state index contributed by atoms with van der Waals surface area (Å²) in [6, 6.07) is 28.6. The number of terminal acetylenes is 2. The Morgan fingerprint density at radius 3 is 1.33 bits per heavy atom. The van der Waals surface area contributed by atoms with Crippen LogP contribution in [0.5, 0.6) is 34.5 Å². The van der Waals surface area contributed by atoms with Crippen molar-refractivity contribution in [2.45, 2.75) is 0 Å². The molecule has 0 spiro atoms. The van der Waals surface area contributed by atoms with Gasteiger partial charge in [-0.2, -0.15) is 0 Å². The maximum Gasteiger partial charge on any atom is 0.151 e. The molecule has 0 aliphatic heterocycles. The fraction of sp³-hybridized carbons (Fsp3) is 0. The van der Waals surface area contributed by atoms with E-state index in [4.69, 9.17) is 33.8 Å². The van der Waals surface area contributed by atoms with Crippen LogP contribution >= 0.6 is 0 Å². The first kappa shape index (κ1) is 26.0. The summed E-state index contributed by atoms with van der Waals surface area (Å²) in [6.45, 7) is 0. The smallest absolute Gasteiger partial charge is 0.151 e. The van der Waals surface area contributed by atoms with Crippen LogP contribution in [-0.4, -0.2) is 10.2 Å². The molecule has 0 saturated heterocycles. The minimum absolute atomic E-state index is 0.0603. The largest absolute Gasteiger partial charge is 0.506 e. The Kier molecular flexibility index (Phi) is 6.43. The van der Waals surface area contributed by atoms with Crippen molar-refractivity contribution in [2.75, 3.05) is 11.5 Å². The van der Waals surface area contributed by atoms with Crippen LogP contribution in [0, 0.1) is 24.7 Å². The average Bonchev–Trinajstić information content (AvgIpc) is 3.00. The van der Waals surface area contributed by atoms with Crippen molar-refractivity contribution < 1.29 is 19.7 Å². The second-order valence-corrected chi connectivity index (χ2v) is 9.63. The van der Waals surface area contributed by atoms with Gasteiger partial charge in [-0.15, -0.1) is 12.8 Å². The Balaban J connectivity index is 1.74. The number of anilines is 2. The lowest BCUT2D eigenvalue weighted by Gasteiger charge is -2.22. The monoisotopic (exact) mass is 548 g/mol. The summed E-state index contributed by atoms with van der Waals surface area (Å²) >= 11 is 0. The second kappa shape index (κ2) is 10.4. The quantitative estimate of drug-likeness (QED) is 0.0994. The van der Waals surface area contributed by atoms with E-state index >= 15 is 0 Å². The van der Waals surface area contributed by atoms with Crippen LogP contribution < -0.4 is 20.9 Å². The molecule has 6 rings (SSSR count). The second-order valence-electron chi connectivity index (χ2n) is 9.63. The molecule has 6 aromatic carbocycles. The number of nitrogen functional groups attached to an aromatic ring is 2. The predicted octanol–water partition coefficient (Wildman–Crippen LogP) is 7.78. The summed E-state index contributed by atoms with van der Waals surface area (Å²) in [6.07, 6.45) is 12.1. The van der Waals surface area contributed by atoms with E-state index in [9.17, 15) is 10.2 Å². The highest BCUT2D eigenvalue weighted by atomic mass is 16.5. The molecule has 6 N–H and O–H groups in total. The summed E-state index contributed by atoms with van der Waals surface area (Å²) in [5, 5.41) is 23.4. The topological polar surface area (TPSA) is 111 Å². The van der Waals surface area contributed by atoms with Crippen molar-refractivity contribution >= 4 is 32.9 Å². The standard InChI is InChI=1S/C36H24N2O4/c1-3-21-17-23-9-5-7-11-27(23)33(35(21)41-25-13-15-31(39)29(37)19-25)34-28-12-8-6-10-24(28)18-22(4-2)36(34)42-26-14-16-32(40)30(38)20-26/h1-2,5-20,39-40H,37-38H2. The number of fused-ring (bicyclic) bond motifs is 2. The van der Waals surface area contributed by atoms with E-state index in [2.05, 4.69) is 11.8 Å². The first-order valence-corrected chi connectivity index (χ1v) is 13.0. The fourth-order valence-electron chi connectivity index (χ4n) is 5.01. The van der Waals surface area contributed by atoms with Crippen LogP contribution in [0.25, 0.3) is 32.7 Å². The van der Waals surface area contributed by atoms with Crippen molar-refractivity contribution in [1.82, 2.24) is 0 Å². The van der Waals surface area contributed by atoms with E-state index in [1.807, 2.05) is 60.7 Å². The molecule has 6 heteroatoms. The molecule has 6 nitrogen and oxygen atoms in total. The molecule has 0 atom stereocenters. The number of hydrogen-bond donors (Lipinski definition) is 4. The molecule has 0 heterocycles. The Hall–Kier alpha value is -6.24. The van der Waals surface area contributed by atoms with Crippen molar-refractivity contribution in [3.63, 3.8) is 0 Å². The lowest BCUT2D eigenvalue weighted by molar-refractivity contribution is 0.464. The third-order valence-electron chi connectivity index (χ3n) is 7.00. The molecule has 0 aromatic heterocycles. The number of benzene rings is 6. The van der Waals surface area contributed by atoms with E-state index in [0.29, 0.717) is 45.3 Å². The molecule has 202 valence electrons. The summed E-state index contributed by atoms with van der Waals surface area (Å²) < 4.78 is 13.0. The van der Waals surface area contributed by atoms with E-state index in [1.54, 1.807) is 12.1 Å². The third kappa shape index (κ3) is 4.50.